The molecular weight excluding hydrogens is 312 g/mol. The Morgan fingerprint density at radius 2 is 1.91 bits per heavy atom. The van der Waals surface area contributed by atoms with Crippen LogP contribution < -0.4 is 10.2 Å². The van der Waals surface area contributed by atoms with E-state index in [0.29, 0.717) is 5.75 Å². The Kier molecular flexibility index (Phi) is 5.10. The van der Waals surface area contributed by atoms with Gasteiger partial charge < -0.3 is 4.74 Å². The first-order valence-corrected chi connectivity index (χ1v) is 9.12. The largest absolute Gasteiger partial charge is 0.497 e. The topological polar surface area (TPSA) is 58.6 Å². The van der Waals surface area contributed by atoms with E-state index in [1.807, 2.05) is 24.3 Å². The van der Waals surface area contributed by atoms with E-state index >= 15 is 0 Å². The van der Waals surface area contributed by atoms with Crippen LogP contribution in [-0.4, -0.2) is 29.7 Å². The molecule has 2 amide bonds. The molecule has 23 heavy (non-hydrogen) atoms. The molecule has 6 heteroatoms. The maximum absolute atomic E-state index is 12.4. The highest BCUT2D eigenvalue weighted by Crippen LogP contribution is 2.38. The molecule has 1 saturated carbocycles. The second kappa shape index (κ2) is 7.25. The Bertz CT molecular complexity index is 570. The summed E-state index contributed by atoms with van der Waals surface area (Å²) in [6.07, 6.45) is 5.25. The van der Waals surface area contributed by atoms with Gasteiger partial charge in [0.15, 0.2) is 0 Å². The molecule has 1 heterocycles. The molecule has 0 spiro atoms. The van der Waals surface area contributed by atoms with Crippen LogP contribution in [-0.2, 0) is 9.59 Å². The van der Waals surface area contributed by atoms with Crippen LogP contribution in [0.15, 0.2) is 24.3 Å². The first-order valence-electron chi connectivity index (χ1n) is 8.07. The zero-order valence-electron chi connectivity index (χ0n) is 13.3. The molecule has 0 radical (unpaired) electrons. The summed E-state index contributed by atoms with van der Waals surface area (Å²) in [7, 11) is 1.62. The number of nitrogens with zero attached hydrogens (tertiary/aromatic N) is 1. The summed E-state index contributed by atoms with van der Waals surface area (Å²) >= 11 is 1.53. The molecular formula is C17H22N2O3S. The van der Waals surface area contributed by atoms with Crippen molar-refractivity contribution in [3.63, 3.8) is 0 Å². The van der Waals surface area contributed by atoms with Gasteiger partial charge in [0.25, 0.3) is 5.91 Å². The highest BCUT2D eigenvalue weighted by Gasteiger charge is 2.35. The Hall–Kier alpha value is -1.69. The number of carbonyl (C=O) groups excluding carboxylic acids is 2. The lowest BCUT2D eigenvalue weighted by atomic mass is 9.89. The van der Waals surface area contributed by atoms with Gasteiger partial charge in [-0.15, -0.1) is 11.8 Å². The second-order valence-electron chi connectivity index (χ2n) is 6.01. The van der Waals surface area contributed by atoms with Crippen LogP contribution in [0.5, 0.6) is 5.75 Å². The summed E-state index contributed by atoms with van der Waals surface area (Å²) in [5, 5.41) is 1.34. The molecule has 3 rings (SSSR count). The van der Waals surface area contributed by atoms with Crippen LogP contribution in [0, 0.1) is 5.92 Å². The van der Waals surface area contributed by atoms with Gasteiger partial charge in [-0.1, -0.05) is 31.4 Å². The number of benzene rings is 1. The van der Waals surface area contributed by atoms with Gasteiger partial charge in [0.05, 0.1) is 12.9 Å². The molecule has 0 aromatic heterocycles. The molecule has 1 aromatic carbocycles. The van der Waals surface area contributed by atoms with Crippen molar-refractivity contribution >= 4 is 23.6 Å². The fraction of sp³-hybridized carbons (Fsp3) is 0.529. The van der Waals surface area contributed by atoms with Gasteiger partial charge in [0.1, 0.15) is 11.1 Å². The summed E-state index contributed by atoms with van der Waals surface area (Å²) in [4.78, 5) is 24.6. The monoisotopic (exact) mass is 334 g/mol. The first kappa shape index (κ1) is 16.2. The van der Waals surface area contributed by atoms with Crippen molar-refractivity contribution in [2.45, 2.75) is 37.5 Å². The van der Waals surface area contributed by atoms with E-state index in [4.69, 9.17) is 4.74 Å². The van der Waals surface area contributed by atoms with E-state index in [2.05, 4.69) is 5.43 Å². The van der Waals surface area contributed by atoms with Crippen LogP contribution in [0.1, 0.15) is 43.0 Å². The van der Waals surface area contributed by atoms with Gasteiger partial charge in [-0.25, -0.2) is 5.01 Å². The van der Waals surface area contributed by atoms with Gasteiger partial charge in [0.2, 0.25) is 5.91 Å². The number of amides is 2. The van der Waals surface area contributed by atoms with Crippen LogP contribution >= 0.6 is 11.8 Å². The van der Waals surface area contributed by atoms with Crippen molar-refractivity contribution in [1.29, 1.82) is 0 Å². The SMILES string of the molecule is COc1ccc(C2SCC(=O)N2NC(=O)C2CCCCC2)cc1. The molecule has 1 saturated heterocycles. The molecule has 1 aliphatic heterocycles. The Balaban J connectivity index is 1.70. The van der Waals surface area contributed by atoms with Crippen LogP contribution in [0.25, 0.3) is 0 Å². The molecule has 124 valence electrons. The second-order valence-corrected chi connectivity index (χ2v) is 7.08. The van der Waals surface area contributed by atoms with E-state index in [9.17, 15) is 9.59 Å². The third-order valence-electron chi connectivity index (χ3n) is 4.48. The van der Waals surface area contributed by atoms with Gasteiger partial charge in [-0.3, -0.25) is 15.0 Å². The number of ether oxygens (including phenoxy) is 1. The number of hydrogen-bond donors (Lipinski definition) is 1. The summed E-state index contributed by atoms with van der Waals surface area (Å²) < 4.78 is 5.17. The van der Waals surface area contributed by atoms with Gasteiger partial charge in [0, 0.05) is 5.92 Å². The van der Waals surface area contributed by atoms with Gasteiger partial charge in [-0.05, 0) is 30.5 Å². The number of rotatable bonds is 4. The molecule has 1 aliphatic carbocycles. The fourth-order valence-corrected chi connectivity index (χ4v) is 4.24. The van der Waals surface area contributed by atoms with Crippen molar-refractivity contribution in [1.82, 2.24) is 10.4 Å². The minimum atomic E-state index is -0.166. The quantitative estimate of drug-likeness (QED) is 0.920. The number of carbonyl (C=O) groups is 2. The van der Waals surface area contributed by atoms with Gasteiger partial charge >= 0.3 is 0 Å². The number of methoxy groups -OCH3 is 1. The van der Waals surface area contributed by atoms with Crippen molar-refractivity contribution in [3.8, 4) is 5.75 Å². The smallest absolute Gasteiger partial charge is 0.252 e. The van der Waals surface area contributed by atoms with Crippen molar-refractivity contribution in [3.05, 3.63) is 29.8 Å². The minimum absolute atomic E-state index is 0.0148. The predicted octanol–water partition coefficient (Wildman–Crippen LogP) is 2.88. The van der Waals surface area contributed by atoms with E-state index in [0.717, 1.165) is 37.0 Å². The van der Waals surface area contributed by atoms with Crippen molar-refractivity contribution in [2.75, 3.05) is 12.9 Å². The molecule has 1 atom stereocenters. The average molecular weight is 334 g/mol. The van der Waals surface area contributed by atoms with Crippen molar-refractivity contribution in [2.24, 2.45) is 5.92 Å². The molecule has 1 N–H and O–H groups in total. The Morgan fingerprint density at radius 1 is 1.22 bits per heavy atom. The first-order chi connectivity index (χ1) is 11.2. The lowest BCUT2D eigenvalue weighted by molar-refractivity contribution is -0.141. The summed E-state index contributed by atoms with van der Waals surface area (Å²) in [5.41, 5.74) is 3.86. The molecule has 1 aromatic rings. The van der Waals surface area contributed by atoms with Crippen LogP contribution in [0.2, 0.25) is 0 Å². The average Bonchev–Trinajstić information content (AvgIpc) is 2.96. The van der Waals surface area contributed by atoms with Crippen LogP contribution in [0.3, 0.4) is 0 Å². The van der Waals surface area contributed by atoms with E-state index < -0.39 is 0 Å². The number of thioether (sulfide) groups is 1. The summed E-state index contributed by atoms with van der Waals surface area (Å²) in [6, 6.07) is 7.63. The minimum Gasteiger partial charge on any atom is -0.497 e. The molecule has 2 aliphatic rings. The Labute approximate surface area is 140 Å². The van der Waals surface area contributed by atoms with Crippen molar-refractivity contribution < 1.29 is 14.3 Å². The highest BCUT2D eigenvalue weighted by atomic mass is 32.2. The zero-order valence-corrected chi connectivity index (χ0v) is 14.1. The molecule has 0 bridgehead atoms. The molecule has 1 unspecified atom stereocenters. The number of hydrazine groups is 1. The number of nitrogens with one attached hydrogen (secondary N) is 1. The molecule has 2 fully saturated rings. The number of hydrogen-bond acceptors (Lipinski definition) is 4. The third-order valence-corrected chi connectivity index (χ3v) is 5.69. The third kappa shape index (κ3) is 3.63. The predicted molar refractivity (Wildman–Crippen MR) is 89.8 cm³/mol. The van der Waals surface area contributed by atoms with Gasteiger partial charge in [-0.2, -0.15) is 0 Å². The maximum atomic E-state index is 12.4. The maximum Gasteiger partial charge on any atom is 0.252 e. The van der Waals surface area contributed by atoms with E-state index in [1.54, 1.807) is 7.11 Å². The lowest BCUT2D eigenvalue weighted by Crippen LogP contribution is -2.47. The summed E-state index contributed by atoms with van der Waals surface area (Å²) in [5.74, 6) is 1.15. The lowest BCUT2D eigenvalue weighted by Gasteiger charge is -2.28. The molecule has 5 nitrogen and oxygen atoms in total. The normalized spacial score (nSPS) is 22.2. The van der Waals surface area contributed by atoms with E-state index in [-0.39, 0.29) is 23.1 Å². The highest BCUT2D eigenvalue weighted by molar-refractivity contribution is 8.00. The van der Waals surface area contributed by atoms with Crippen LogP contribution in [0.4, 0.5) is 0 Å². The zero-order chi connectivity index (χ0) is 16.2. The fourth-order valence-electron chi connectivity index (χ4n) is 3.13. The Morgan fingerprint density at radius 3 is 2.57 bits per heavy atom. The van der Waals surface area contributed by atoms with E-state index in [1.165, 1.54) is 23.2 Å². The standard InChI is InChI=1S/C17H22N2O3S/c1-22-14-9-7-13(8-10-14)17-19(15(20)11-23-17)18-16(21)12-5-3-2-4-6-12/h7-10,12,17H,2-6,11H2,1H3,(H,18,21). The summed E-state index contributed by atoms with van der Waals surface area (Å²) in [6.45, 7) is 0.